The van der Waals surface area contributed by atoms with E-state index in [0.717, 1.165) is 18.2 Å². The lowest BCUT2D eigenvalue weighted by Gasteiger charge is -2.35. The highest BCUT2D eigenvalue weighted by Gasteiger charge is 2.41. The largest absolute Gasteiger partial charge is 0.417 e. The van der Waals surface area contributed by atoms with Gasteiger partial charge in [-0.1, -0.05) is 6.07 Å². The van der Waals surface area contributed by atoms with Crippen molar-refractivity contribution in [3.8, 4) is 0 Å². The Hall–Kier alpha value is -2.68. The highest BCUT2D eigenvalue weighted by molar-refractivity contribution is 7.92. The van der Waals surface area contributed by atoms with Crippen molar-refractivity contribution in [3.05, 3.63) is 53.3 Å². The first kappa shape index (κ1) is 28.9. The van der Waals surface area contributed by atoms with Gasteiger partial charge in [-0.05, 0) is 56.9 Å². The fourth-order valence-corrected chi connectivity index (χ4v) is 6.91. The molecule has 1 aromatic heterocycles. The van der Waals surface area contributed by atoms with Gasteiger partial charge in [0.1, 0.15) is 5.69 Å². The maximum atomic E-state index is 13.1. The van der Waals surface area contributed by atoms with Crippen molar-refractivity contribution in [2.45, 2.75) is 59.3 Å². The number of hydrogen-bond donors (Lipinski definition) is 1. The van der Waals surface area contributed by atoms with Gasteiger partial charge in [-0.3, -0.25) is 4.79 Å². The van der Waals surface area contributed by atoms with E-state index in [0.29, 0.717) is 18.3 Å². The molecule has 1 amide bonds. The van der Waals surface area contributed by atoms with Crippen molar-refractivity contribution in [2.24, 2.45) is 5.92 Å². The van der Waals surface area contributed by atoms with Gasteiger partial charge in [0.05, 0.1) is 31.4 Å². The molecule has 1 aromatic carbocycles. The number of carbonyl (C=O) groups is 1. The molecule has 1 saturated carbocycles. The summed E-state index contributed by atoms with van der Waals surface area (Å²) in [5.41, 5.74) is -3.17. The number of sulfone groups is 2. The first-order valence-electron chi connectivity index (χ1n) is 10.9. The summed E-state index contributed by atoms with van der Waals surface area (Å²) < 4.78 is 129. The molecule has 3 rings (SSSR count). The molecule has 15 heteroatoms. The second kappa shape index (κ2) is 9.89. The number of hydrogen-bond acceptors (Lipinski definition) is 6. The number of carbonyl (C=O) groups excluding carboxylic acids is 1. The second-order valence-electron chi connectivity index (χ2n) is 8.90. The van der Waals surface area contributed by atoms with E-state index in [9.17, 15) is 48.0 Å². The number of rotatable bonds is 7. The van der Waals surface area contributed by atoms with Crippen LogP contribution in [0, 0.1) is 5.92 Å². The minimum Gasteiger partial charge on any atom is -0.350 e. The Balaban J connectivity index is 1.71. The van der Waals surface area contributed by atoms with E-state index in [-0.39, 0.29) is 19.4 Å². The minimum absolute atomic E-state index is 0.0104. The van der Waals surface area contributed by atoms with Crippen LogP contribution in [0.4, 0.5) is 26.3 Å². The molecular weight excluding hydrogens is 550 g/mol. The molecule has 0 atom stereocenters. The summed E-state index contributed by atoms with van der Waals surface area (Å²) in [6, 6.07) is 3.70. The summed E-state index contributed by atoms with van der Waals surface area (Å²) in [6.45, 7) is 2.32. The van der Waals surface area contributed by atoms with Crippen molar-refractivity contribution in [1.29, 1.82) is 0 Å². The molecule has 0 spiro atoms. The van der Waals surface area contributed by atoms with E-state index in [1.165, 1.54) is 13.8 Å². The zero-order valence-corrected chi connectivity index (χ0v) is 21.0. The van der Waals surface area contributed by atoms with Crippen molar-refractivity contribution >= 4 is 25.6 Å². The summed E-state index contributed by atoms with van der Waals surface area (Å²) >= 11 is 0. The van der Waals surface area contributed by atoms with Gasteiger partial charge >= 0.3 is 12.4 Å². The highest BCUT2D eigenvalue weighted by Crippen LogP contribution is 2.38. The molecule has 37 heavy (non-hydrogen) atoms. The van der Waals surface area contributed by atoms with Crippen LogP contribution in [0.25, 0.3) is 0 Å². The van der Waals surface area contributed by atoms with Crippen LogP contribution in [-0.2, 0) is 32.0 Å². The van der Waals surface area contributed by atoms with Gasteiger partial charge in [0, 0.05) is 12.7 Å². The molecule has 7 nitrogen and oxygen atoms in total. The third-order valence-corrected chi connectivity index (χ3v) is 10.3. The number of halogens is 6. The molecule has 1 heterocycles. The number of nitrogens with zero attached hydrogens (tertiary/aromatic N) is 1. The van der Waals surface area contributed by atoms with Crippen molar-refractivity contribution in [1.82, 2.24) is 10.3 Å². The lowest BCUT2D eigenvalue weighted by molar-refractivity contribution is -0.138. The molecule has 2 aromatic rings. The topological polar surface area (TPSA) is 110 Å². The fraction of sp³-hybridized carbons (Fsp3) is 0.455. The molecule has 204 valence electrons. The predicted molar refractivity (Wildman–Crippen MR) is 119 cm³/mol. The van der Waals surface area contributed by atoms with Gasteiger partial charge < -0.3 is 5.32 Å². The molecular formula is C22H22F6N2O5S2. The lowest BCUT2D eigenvalue weighted by atomic mass is 9.85. The molecule has 1 aliphatic rings. The van der Waals surface area contributed by atoms with Gasteiger partial charge in [0.15, 0.2) is 19.7 Å². The Morgan fingerprint density at radius 3 is 2.14 bits per heavy atom. The van der Waals surface area contributed by atoms with E-state index in [1.54, 1.807) is 0 Å². The molecule has 0 bridgehead atoms. The normalized spacial score (nSPS) is 18.9. The molecule has 1 N–H and O–H groups in total. The third-order valence-electron chi connectivity index (χ3n) is 5.99. The van der Waals surface area contributed by atoms with Crippen LogP contribution in [0.3, 0.4) is 0 Å². The van der Waals surface area contributed by atoms with E-state index >= 15 is 0 Å². The monoisotopic (exact) mass is 572 g/mol. The predicted octanol–water partition coefficient (Wildman–Crippen LogP) is 4.28. The van der Waals surface area contributed by atoms with Crippen LogP contribution in [0.2, 0.25) is 0 Å². The molecule has 1 aliphatic carbocycles. The van der Waals surface area contributed by atoms with Crippen LogP contribution >= 0.6 is 0 Å². The van der Waals surface area contributed by atoms with Crippen LogP contribution in [0.1, 0.15) is 48.3 Å². The number of benzene rings is 1. The third kappa shape index (κ3) is 6.08. The number of amides is 1. The van der Waals surface area contributed by atoms with Gasteiger partial charge in [0.2, 0.25) is 0 Å². The Kier molecular flexibility index (Phi) is 7.72. The quantitative estimate of drug-likeness (QED) is 0.496. The summed E-state index contributed by atoms with van der Waals surface area (Å²) in [4.78, 5) is 14.7. The summed E-state index contributed by atoms with van der Waals surface area (Å²) in [5.74, 6) is -1.47. The Labute approximate surface area is 209 Å². The van der Waals surface area contributed by atoms with E-state index in [1.807, 2.05) is 0 Å². The highest BCUT2D eigenvalue weighted by atomic mass is 32.2. The van der Waals surface area contributed by atoms with E-state index in [4.69, 9.17) is 0 Å². The minimum atomic E-state index is -4.89. The first-order valence-corrected chi connectivity index (χ1v) is 13.9. The number of nitrogens with one attached hydrogen (secondary N) is 1. The van der Waals surface area contributed by atoms with Gasteiger partial charge in [-0.15, -0.1) is 0 Å². The second-order valence-corrected chi connectivity index (χ2v) is 13.6. The molecule has 0 unspecified atom stereocenters. The van der Waals surface area contributed by atoms with Crippen LogP contribution in [-0.4, -0.2) is 44.8 Å². The Morgan fingerprint density at radius 1 is 1.00 bits per heavy atom. The summed E-state index contributed by atoms with van der Waals surface area (Å²) in [7, 11) is -8.40. The van der Waals surface area contributed by atoms with Gasteiger partial charge in [0.25, 0.3) is 5.91 Å². The Morgan fingerprint density at radius 2 is 1.59 bits per heavy atom. The number of pyridine rings is 1. The van der Waals surface area contributed by atoms with Crippen LogP contribution in [0.15, 0.2) is 46.3 Å². The van der Waals surface area contributed by atoms with Crippen LogP contribution < -0.4 is 5.32 Å². The average Bonchev–Trinajstić information content (AvgIpc) is 2.76. The zero-order valence-electron chi connectivity index (χ0n) is 19.4. The Bertz CT molecular complexity index is 1400. The smallest absolute Gasteiger partial charge is 0.350 e. The molecule has 0 saturated heterocycles. The fourth-order valence-electron chi connectivity index (χ4n) is 3.70. The van der Waals surface area contributed by atoms with E-state index < -0.39 is 81.0 Å². The van der Waals surface area contributed by atoms with Crippen molar-refractivity contribution < 1.29 is 48.0 Å². The average molecular weight is 573 g/mol. The van der Waals surface area contributed by atoms with Crippen LogP contribution in [0.5, 0.6) is 0 Å². The zero-order chi connectivity index (χ0) is 28.0. The van der Waals surface area contributed by atoms with Gasteiger partial charge in [-0.25, -0.2) is 21.8 Å². The maximum Gasteiger partial charge on any atom is 0.417 e. The molecule has 1 fully saturated rings. The summed E-state index contributed by atoms with van der Waals surface area (Å²) in [5, 5.41) is 0.233. The molecule has 0 aliphatic heterocycles. The lowest BCUT2D eigenvalue weighted by Crippen LogP contribution is -2.42. The van der Waals surface area contributed by atoms with Crippen molar-refractivity contribution in [2.75, 3.05) is 6.54 Å². The summed E-state index contributed by atoms with van der Waals surface area (Å²) in [6.07, 6.45) is -9.25. The standard InChI is InChI=1S/C22H22F6N2O5S2/c1-12(2)36(32,33)18-9-15(22(26,27)28)11-29-19(18)20(31)30-10-13-6-17(7-13)37(34,35)16-5-3-4-14(8-16)21(23,24)25/h3-5,8-9,11-13,17H,6-7,10H2,1-2H3,(H,30,31)/t13-,17-. The number of aromatic nitrogens is 1. The van der Waals surface area contributed by atoms with E-state index in [2.05, 4.69) is 10.3 Å². The van der Waals surface area contributed by atoms with Crippen molar-refractivity contribution in [3.63, 3.8) is 0 Å². The first-order chi connectivity index (χ1) is 16.8. The number of alkyl halides is 6. The maximum absolute atomic E-state index is 13.1. The SMILES string of the molecule is CC(C)S(=O)(=O)c1cc(C(F)(F)F)cnc1C(=O)NC[C@H]1C[C@H](S(=O)(=O)c2cccc(C(F)(F)F)c2)C1. The molecule has 0 radical (unpaired) electrons. The van der Waals surface area contributed by atoms with Gasteiger partial charge in [-0.2, -0.15) is 26.3 Å².